The number of hydrogen-bond acceptors (Lipinski definition) is 3. The molecule has 0 aliphatic heterocycles. The van der Waals surface area contributed by atoms with Crippen molar-refractivity contribution < 1.29 is 14.6 Å². The second-order valence-electron chi connectivity index (χ2n) is 4.34. The molecule has 0 aliphatic carbocycles. The van der Waals surface area contributed by atoms with Crippen molar-refractivity contribution in [1.29, 1.82) is 0 Å². The van der Waals surface area contributed by atoms with Gasteiger partial charge in [0.25, 0.3) is 5.91 Å². The summed E-state index contributed by atoms with van der Waals surface area (Å²) in [6, 6.07) is 16.3. The third-order valence-corrected chi connectivity index (χ3v) is 3.01. The maximum absolute atomic E-state index is 11.9. The molecule has 2 rings (SSSR count). The average Bonchev–Trinajstić information content (AvgIpc) is 2.53. The maximum atomic E-state index is 11.9. The lowest BCUT2D eigenvalue weighted by molar-refractivity contribution is -0.129. The molecule has 2 aromatic rings. The van der Waals surface area contributed by atoms with Crippen LogP contribution in [0.1, 0.15) is 17.2 Å². The standard InChI is InChI=1S/C16H17NO3/c1-20-14-10-6-5-9-13(14)11-17-16(19)15(18)12-7-3-2-4-8-12/h2-10,15,18H,11H2,1H3,(H,17,19)/t15-/m0/s1. The minimum Gasteiger partial charge on any atom is -0.496 e. The highest BCUT2D eigenvalue weighted by atomic mass is 16.5. The van der Waals surface area contributed by atoms with Gasteiger partial charge in [-0.15, -0.1) is 0 Å². The first-order valence-corrected chi connectivity index (χ1v) is 6.35. The third-order valence-electron chi connectivity index (χ3n) is 3.01. The summed E-state index contributed by atoms with van der Waals surface area (Å²) in [7, 11) is 1.58. The zero-order chi connectivity index (χ0) is 14.4. The summed E-state index contributed by atoms with van der Waals surface area (Å²) in [5.41, 5.74) is 1.44. The first-order chi connectivity index (χ1) is 9.72. The van der Waals surface area contributed by atoms with Crippen LogP contribution in [0.15, 0.2) is 54.6 Å². The predicted octanol–water partition coefficient (Wildman–Crippen LogP) is 2.04. The number of carbonyl (C=O) groups is 1. The topological polar surface area (TPSA) is 58.6 Å². The summed E-state index contributed by atoms with van der Waals surface area (Å²) < 4.78 is 5.21. The van der Waals surface area contributed by atoms with Crippen LogP contribution >= 0.6 is 0 Å². The van der Waals surface area contributed by atoms with Crippen LogP contribution in [0.4, 0.5) is 0 Å². The van der Waals surface area contributed by atoms with E-state index in [9.17, 15) is 9.90 Å². The number of hydrogen-bond donors (Lipinski definition) is 2. The molecule has 0 heterocycles. The van der Waals surface area contributed by atoms with E-state index < -0.39 is 12.0 Å². The van der Waals surface area contributed by atoms with Gasteiger partial charge in [0.2, 0.25) is 0 Å². The predicted molar refractivity (Wildman–Crippen MR) is 76.2 cm³/mol. The number of nitrogens with one attached hydrogen (secondary N) is 1. The van der Waals surface area contributed by atoms with Gasteiger partial charge in [0, 0.05) is 12.1 Å². The maximum Gasteiger partial charge on any atom is 0.253 e. The summed E-state index contributed by atoms with van der Waals surface area (Å²) in [5.74, 6) is 0.282. The molecule has 0 aliphatic rings. The van der Waals surface area contributed by atoms with Crippen molar-refractivity contribution in [2.45, 2.75) is 12.6 Å². The molecule has 1 atom stereocenters. The highest BCUT2D eigenvalue weighted by Gasteiger charge is 2.16. The Labute approximate surface area is 118 Å². The molecule has 2 N–H and O–H groups in total. The molecule has 0 fully saturated rings. The number of amides is 1. The Morgan fingerprint density at radius 2 is 1.80 bits per heavy atom. The molecule has 0 radical (unpaired) electrons. The SMILES string of the molecule is COc1ccccc1CNC(=O)[C@@H](O)c1ccccc1. The highest BCUT2D eigenvalue weighted by molar-refractivity contribution is 5.81. The highest BCUT2D eigenvalue weighted by Crippen LogP contribution is 2.17. The van der Waals surface area contributed by atoms with Gasteiger partial charge in [-0.05, 0) is 11.6 Å². The zero-order valence-electron chi connectivity index (χ0n) is 11.2. The van der Waals surface area contributed by atoms with E-state index in [-0.39, 0.29) is 0 Å². The lowest BCUT2D eigenvalue weighted by atomic mass is 10.1. The summed E-state index contributed by atoms with van der Waals surface area (Å²) in [5, 5.41) is 12.7. The largest absolute Gasteiger partial charge is 0.496 e. The molecule has 0 unspecified atom stereocenters. The van der Waals surface area contributed by atoms with Gasteiger partial charge in [0.15, 0.2) is 6.10 Å². The monoisotopic (exact) mass is 271 g/mol. The molecule has 0 saturated heterocycles. The van der Waals surface area contributed by atoms with E-state index in [2.05, 4.69) is 5.32 Å². The molecule has 104 valence electrons. The Morgan fingerprint density at radius 3 is 2.50 bits per heavy atom. The molecule has 0 spiro atoms. The van der Waals surface area contributed by atoms with E-state index in [0.29, 0.717) is 17.9 Å². The van der Waals surface area contributed by atoms with Crippen molar-refractivity contribution in [2.24, 2.45) is 0 Å². The number of carbonyl (C=O) groups excluding carboxylic acids is 1. The van der Waals surface area contributed by atoms with Gasteiger partial charge in [-0.2, -0.15) is 0 Å². The van der Waals surface area contributed by atoms with Gasteiger partial charge in [-0.3, -0.25) is 4.79 Å². The lowest BCUT2D eigenvalue weighted by Crippen LogP contribution is -2.28. The van der Waals surface area contributed by atoms with E-state index >= 15 is 0 Å². The van der Waals surface area contributed by atoms with Crippen LogP contribution in [0.5, 0.6) is 5.75 Å². The fraction of sp³-hybridized carbons (Fsp3) is 0.188. The Balaban J connectivity index is 1.99. The second kappa shape index (κ2) is 6.73. The second-order valence-corrected chi connectivity index (χ2v) is 4.34. The van der Waals surface area contributed by atoms with Gasteiger partial charge in [-0.1, -0.05) is 48.5 Å². The van der Waals surface area contributed by atoms with Crippen LogP contribution in [0.3, 0.4) is 0 Å². The number of methoxy groups -OCH3 is 1. The molecule has 0 saturated carbocycles. The number of rotatable bonds is 5. The van der Waals surface area contributed by atoms with E-state index in [1.165, 1.54) is 0 Å². The van der Waals surface area contributed by atoms with Crippen molar-refractivity contribution in [1.82, 2.24) is 5.32 Å². The van der Waals surface area contributed by atoms with Crippen molar-refractivity contribution in [3.05, 3.63) is 65.7 Å². The number of aliphatic hydroxyl groups excluding tert-OH is 1. The summed E-state index contributed by atoms with van der Waals surface area (Å²) in [6.07, 6.45) is -1.16. The van der Waals surface area contributed by atoms with Crippen molar-refractivity contribution in [3.8, 4) is 5.75 Å². The van der Waals surface area contributed by atoms with E-state index in [0.717, 1.165) is 5.56 Å². The van der Waals surface area contributed by atoms with Crippen LogP contribution in [-0.4, -0.2) is 18.1 Å². The van der Waals surface area contributed by atoms with Gasteiger partial charge >= 0.3 is 0 Å². The molecular weight excluding hydrogens is 254 g/mol. The Hall–Kier alpha value is -2.33. The van der Waals surface area contributed by atoms with Crippen molar-refractivity contribution in [2.75, 3.05) is 7.11 Å². The van der Waals surface area contributed by atoms with Crippen LogP contribution in [0.25, 0.3) is 0 Å². The minimum atomic E-state index is -1.16. The number of para-hydroxylation sites is 1. The number of ether oxygens (including phenoxy) is 1. The molecular formula is C16H17NO3. The van der Waals surface area contributed by atoms with Crippen LogP contribution in [0, 0.1) is 0 Å². The summed E-state index contributed by atoms with van der Waals surface area (Å²) in [4.78, 5) is 11.9. The van der Waals surface area contributed by atoms with Gasteiger partial charge in [-0.25, -0.2) is 0 Å². The van der Waals surface area contributed by atoms with Crippen molar-refractivity contribution >= 4 is 5.91 Å². The first kappa shape index (κ1) is 14.1. The molecule has 0 bridgehead atoms. The normalized spacial score (nSPS) is 11.7. The van der Waals surface area contributed by atoms with Crippen LogP contribution < -0.4 is 10.1 Å². The van der Waals surface area contributed by atoms with E-state index in [4.69, 9.17) is 4.74 Å². The number of aliphatic hydroxyl groups is 1. The number of benzene rings is 2. The molecule has 20 heavy (non-hydrogen) atoms. The fourth-order valence-corrected chi connectivity index (χ4v) is 1.91. The minimum absolute atomic E-state index is 0.312. The Morgan fingerprint density at radius 1 is 1.15 bits per heavy atom. The third kappa shape index (κ3) is 3.36. The first-order valence-electron chi connectivity index (χ1n) is 6.35. The van der Waals surface area contributed by atoms with E-state index in [1.54, 1.807) is 31.4 Å². The Kier molecular flexibility index (Phi) is 4.74. The zero-order valence-corrected chi connectivity index (χ0v) is 11.2. The summed E-state index contributed by atoms with van der Waals surface area (Å²) >= 11 is 0. The molecule has 2 aromatic carbocycles. The molecule has 4 nitrogen and oxygen atoms in total. The van der Waals surface area contributed by atoms with Gasteiger partial charge in [0.1, 0.15) is 5.75 Å². The quantitative estimate of drug-likeness (QED) is 0.875. The molecule has 0 aromatic heterocycles. The van der Waals surface area contributed by atoms with Gasteiger partial charge < -0.3 is 15.2 Å². The van der Waals surface area contributed by atoms with Crippen LogP contribution in [-0.2, 0) is 11.3 Å². The lowest BCUT2D eigenvalue weighted by Gasteiger charge is -2.13. The Bertz CT molecular complexity index is 569. The smallest absolute Gasteiger partial charge is 0.253 e. The molecule has 1 amide bonds. The van der Waals surface area contributed by atoms with Gasteiger partial charge in [0.05, 0.1) is 7.11 Å². The summed E-state index contributed by atoms with van der Waals surface area (Å²) in [6.45, 7) is 0.312. The average molecular weight is 271 g/mol. The molecule has 4 heteroatoms. The van der Waals surface area contributed by atoms with Crippen molar-refractivity contribution in [3.63, 3.8) is 0 Å². The van der Waals surface area contributed by atoms with Crippen LogP contribution in [0.2, 0.25) is 0 Å². The fourth-order valence-electron chi connectivity index (χ4n) is 1.91. The van der Waals surface area contributed by atoms with E-state index in [1.807, 2.05) is 30.3 Å².